The van der Waals surface area contributed by atoms with Crippen LogP contribution in [0.1, 0.15) is 18.4 Å². The van der Waals surface area contributed by atoms with E-state index in [4.69, 9.17) is 9.47 Å². The highest BCUT2D eigenvalue weighted by Crippen LogP contribution is 2.16. The van der Waals surface area contributed by atoms with Crippen LogP contribution < -0.4 is 15.4 Å². The first-order chi connectivity index (χ1) is 11.0. The van der Waals surface area contributed by atoms with E-state index in [1.54, 1.807) is 18.3 Å². The van der Waals surface area contributed by atoms with Gasteiger partial charge in [-0.25, -0.2) is 9.78 Å². The number of nitrogens with one attached hydrogen (secondary N) is 2. The molecule has 8 heteroatoms. The Morgan fingerprint density at radius 3 is 2.87 bits per heavy atom. The third-order valence-corrected chi connectivity index (χ3v) is 3.58. The van der Waals surface area contributed by atoms with E-state index < -0.39 is 24.0 Å². The fraction of sp³-hybridized carbons (Fsp3) is 0.467. The van der Waals surface area contributed by atoms with Crippen LogP contribution in [0.5, 0.6) is 5.88 Å². The average Bonchev–Trinajstić information content (AvgIpc) is 3.00. The van der Waals surface area contributed by atoms with Crippen LogP contribution in [0.4, 0.5) is 0 Å². The number of pyridine rings is 1. The Hall–Kier alpha value is -2.64. The molecule has 0 aliphatic carbocycles. The lowest BCUT2D eigenvalue weighted by Crippen LogP contribution is -2.50. The van der Waals surface area contributed by atoms with Gasteiger partial charge >= 0.3 is 5.97 Å². The standard InChI is InChI=1S/C15H19N3O5/c1-22-14-9(4-3-7-16-14)8-11(15(21)23-2)18-13(20)10-5-6-12(19)17-10/h3-4,7,10-11H,5-6,8H2,1-2H3,(H,17,19)(H,18,20)/t10-,11+/m0/s1. The highest BCUT2D eigenvalue weighted by Gasteiger charge is 2.31. The second-order valence-corrected chi connectivity index (χ2v) is 5.12. The molecule has 2 N–H and O–H groups in total. The smallest absolute Gasteiger partial charge is 0.328 e. The Labute approximate surface area is 133 Å². The molecule has 2 atom stereocenters. The van der Waals surface area contributed by atoms with Crippen LogP contribution in [0.2, 0.25) is 0 Å². The molecule has 0 spiro atoms. The average molecular weight is 321 g/mol. The highest BCUT2D eigenvalue weighted by molar-refractivity contribution is 5.93. The van der Waals surface area contributed by atoms with E-state index in [2.05, 4.69) is 15.6 Å². The van der Waals surface area contributed by atoms with Gasteiger partial charge in [-0.1, -0.05) is 6.07 Å². The number of amides is 2. The van der Waals surface area contributed by atoms with E-state index in [0.717, 1.165) is 0 Å². The number of hydrogen-bond acceptors (Lipinski definition) is 6. The van der Waals surface area contributed by atoms with Crippen molar-refractivity contribution in [1.82, 2.24) is 15.6 Å². The number of nitrogens with zero attached hydrogens (tertiary/aromatic N) is 1. The summed E-state index contributed by atoms with van der Waals surface area (Å²) in [6.45, 7) is 0. The Bertz CT molecular complexity index is 605. The van der Waals surface area contributed by atoms with Gasteiger partial charge < -0.3 is 20.1 Å². The molecule has 1 aliphatic heterocycles. The van der Waals surface area contributed by atoms with Gasteiger partial charge in [0, 0.05) is 24.6 Å². The van der Waals surface area contributed by atoms with Crippen molar-refractivity contribution in [1.29, 1.82) is 0 Å². The summed E-state index contributed by atoms with van der Waals surface area (Å²) < 4.78 is 9.89. The van der Waals surface area contributed by atoms with E-state index in [0.29, 0.717) is 24.3 Å². The van der Waals surface area contributed by atoms with Crippen LogP contribution in [0.15, 0.2) is 18.3 Å². The topological polar surface area (TPSA) is 107 Å². The fourth-order valence-corrected chi connectivity index (χ4v) is 2.40. The summed E-state index contributed by atoms with van der Waals surface area (Å²) in [5, 5.41) is 5.18. The zero-order valence-corrected chi connectivity index (χ0v) is 13.0. The largest absolute Gasteiger partial charge is 0.481 e. The minimum atomic E-state index is -0.886. The van der Waals surface area contributed by atoms with Gasteiger partial charge in [0.15, 0.2) is 0 Å². The van der Waals surface area contributed by atoms with Crippen molar-refractivity contribution in [2.45, 2.75) is 31.3 Å². The van der Waals surface area contributed by atoms with Crippen molar-refractivity contribution < 1.29 is 23.9 Å². The second-order valence-electron chi connectivity index (χ2n) is 5.12. The van der Waals surface area contributed by atoms with Crippen molar-refractivity contribution in [3.05, 3.63) is 23.9 Å². The maximum Gasteiger partial charge on any atom is 0.328 e. The Balaban J connectivity index is 2.09. The maximum atomic E-state index is 12.2. The predicted octanol–water partition coefficient (Wildman–Crippen LogP) is -0.431. The molecule has 2 rings (SSSR count). The number of esters is 1. The molecule has 1 aromatic heterocycles. The number of carbonyl (C=O) groups is 3. The first-order valence-corrected chi connectivity index (χ1v) is 7.20. The molecule has 1 aliphatic rings. The molecule has 0 bridgehead atoms. The Kier molecular flexibility index (Phi) is 5.51. The molecule has 2 heterocycles. The lowest BCUT2D eigenvalue weighted by molar-refractivity contribution is -0.145. The van der Waals surface area contributed by atoms with Crippen LogP contribution in [0, 0.1) is 0 Å². The second kappa shape index (κ2) is 7.57. The van der Waals surface area contributed by atoms with E-state index in [1.165, 1.54) is 14.2 Å². The third-order valence-electron chi connectivity index (χ3n) is 3.58. The molecule has 23 heavy (non-hydrogen) atoms. The van der Waals surface area contributed by atoms with Gasteiger partial charge in [0.25, 0.3) is 0 Å². The van der Waals surface area contributed by atoms with Crippen molar-refractivity contribution >= 4 is 17.8 Å². The molecule has 0 aromatic carbocycles. The fourth-order valence-electron chi connectivity index (χ4n) is 2.40. The molecule has 124 valence electrons. The number of aromatic nitrogens is 1. The van der Waals surface area contributed by atoms with Crippen LogP contribution in [-0.4, -0.2) is 49.1 Å². The quantitative estimate of drug-likeness (QED) is 0.689. The van der Waals surface area contributed by atoms with E-state index in [1.807, 2.05) is 0 Å². The minimum absolute atomic E-state index is 0.173. The van der Waals surface area contributed by atoms with Crippen molar-refractivity contribution in [2.24, 2.45) is 0 Å². The van der Waals surface area contributed by atoms with E-state index >= 15 is 0 Å². The van der Waals surface area contributed by atoms with Gasteiger partial charge in [0.05, 0.1) is 14.2 Å². The number of ether oxygens (including phenoxy) is 2. The van der Waals surface area contributed by atoms with Crippen molar-refractivity contribution in [3.63, 3.8) is 0 Å². The molecule has 1 aromatic rings. The zero-order chi connectivity index (χ0) is 16.8. The summed E-state index contributed by atoms with van der Waals surface area (Å²) >= 11 is 0. The normalized spacial score (nSPS) is 18.0. The molecule has 8 nitrogen and oxygen atoms in total. The summed E-state index contributed by atoms with van der Waals surface area (Å²) in [4.78, 5) is 39.4. The summed E-state index contributed by atoms with van der Waals surface area (Å²) in [5.74, 6) is -0.777. The van der Waals surface area contributed by atoms with Crippen molar-refractivity contribution in [3.8, 4) is 5.88 Å². The Morgan fingerprint density at radius 1 is 1.48 bits per heavy atom. The van der Waals surface area contributed by atoms with Gasteiger partial charge in [0.2, 0.25) is 17.7 Å². The Morgan fingerprint density at radius 2 is 2.26 bits per heavy atom. The summed E-state index contributed by atoms with van der Waals surface area (Å²) in [6.07, 6.45) is 2.46. The van der Waals surface area contributed by atoms with E-state index in [9.17, 15) is 14.4 Å². The lowest BCUT2D eigenvalue weighted by atomic mass is 10.1. The number of methoxy groups -OCH3 is 2. The monoisotopic (exact) mass is 321 g/mol. The summed E-state index contributed by atoms with van der Waals surface area (Å²) in [7, 11) is 2.73. The van der Waals surface area contributed by atoms with Gasteiger partial charge in [-0.15, -0.1) is 0 Å². The first kappa shape index (κ1) is 16.7. The van der Waals surface area contributed by atoms with Crippen LogP contribution in [0.25, 0.3) is 0 Å². The third kappa shape index (κ3) is 4.18. The molecule has 1 saturated heterocycles. The molecular formula is C15H19N3O5. The van der Waals surface area contributed by atoms with Crippen molar-refractivity contribution in [2.75, 3.05) is 14.2 Å². The van der Waals surface area contributed by atoms with Gasteiger partial charge in [-0.3, -0.25) is 9.59 Å². The molecule has 2 amide bonds. The summed E-state index contributed by atoms with van der Waals surface area (Å²) in [5.41, 5.74) is 0.668. The summed E-state index contributed by atoms with van der Waals surface area (Å²) in [6, 6.07) is 1.96. The number of rotatable bonds is 6. The van der Waals surface area contributed by atoms with Crippen LogP contribution in [-0.2, 0) is 25.5 Å². The van der Waals surface area contributed by atoms with Crippen LogP contribution >= 0.6 is 0 Å². The van der Waals surface area contributed by atoms with Gasteiger partial charge in [0.1, 0.15) is 12.1 Å². The van der Waals surface area contributed by atoms with Crippen LogP contribution in [0.3, 0.4) is 0 Å². The van der Waals surface area contributed by atoms with Gasteiger partial charge in [-0.05, 0) is 12.5 Å². The molecule has 0 radical (unpaired) electrons. The SMILES string of the molecule is COC(=O)[C@@H](Cc1cccnc1OC)NC(=O)[C@@H]1CCC(=O)N1. The lowest BCUT2D eigenvalue weighted by Gasteiger charge is -2.19. The maximum absolute atomic E-state index is 12.2. The minimum Gasteiger partial charge on any atom is -0.481 e. The highest BCUT2D eigenvalue weighted by atomic mass is 16.5. The number of hydrogen-bond donors (Lipinski definition) is 2. The predicted molar refractivity (Wildman–Crippen MR) is 79.6 cm³/mol. The molecule has 1 fully saturated rings. The zero-order valence-electron chi connectivity index (χ0n) is 13.0. The number of carbonyl (C=O) groups excluding carboxylic acids is 3. The molecule has 0 unspecified atom stereocenters. The van der Waals surface area contributed by atoms with E-state index in [-0.39, 0.29) is 12.3 Å². The van der Waals surface area contributed by atoms with Gasteiger partial charge in [-0.2, -0.15) is 0 Å². The molecule has 0 saturated carbocycles. The first-order valence-electron chi connectivity index (χ1n) is 7.20. The molecular weight excluding hydrogens is 302 g/mol.